The van der Waals surface area contributed by atoms with Crippen molar-refractivity contribution in [2.24, 2.45) is 4.99 Å². The van der Waals surface area contributed by atoms with Crippen molar-refractivity contribution in [2.45, 2.75) is 63.6 Å². The summed E-state index contributed by atoms with van der Waals surface area (Å²) in [5.74, 6) is 0.866. The van der Waals surface area contributed by atoms with Crippen LogP contribution in [0.5, 0.6) is 0 Å². The van der Waals surface area contributed by atoms with E-state index in [-0.39, 0.29) is 24.0 Å². The zero-order valence-corrected chi connectivity index (χ0v) is 18.6. The average Bonchev–Trinajstić information content (AvgIpc) is 2.72. The number of likely N-dealkylation sites (tertiary alicyclic amines) is 1. The van der Waals surface area contributed by atoms with E-state index in [1.165, 1.54) is 58.0 Å². The molecule has 0 spiro atoms. The summed E-state index contributed by atoms with van der Waals surface area (Å²) in [6.45, 7) is 3.12. The first kappa shape index (κ1) is 22.0. The maximum atomic E-state index is 8.87. The maximum Gasteiger partial charge on any atom is 0.191 e. The van der Waals surface area contributed by atoms with Gasteiger partial charge in [0.25, 0.3) is 0 Å². The minimum atomic E-state index is 0. The number of aliphatic imine (C=N–C) groups is 1. The number of nitriles is 1. The lowest BCUT2D eigenvalue weighted by Gasteiger charge is -2.39. The second-order valence-electron chi connectivity index (χ2n) is 7.48. The monoisotopic (exact) mass is 481 g/mol. The van der Waals surface area contributed by atoms with Crippen molar-refractivity contribution < 1.29 is 0 Å². The third kappa shape index (κ3) is 6.65. The van der Waals surface area contributed by atoms with Crippen LogP contribution in [-0.2, 0) is 6.54 Å². The Kier molecular flexibility index (Phi) is 9.35. The summed E-state index contributed by atoms with van der Waals surface area (Å²) in [7, 11) is 1.82. The summed E-state index contributed by atoms with van der Waals surface area (Å²) in [4.78, 5) is 7.08. The van der Waals surface area contributed by atoms with Crippen molar-refractivity contribution in [3.8, 4) is 6.07 Å². The summed E-state index contributed by atoms with van der Waals surface area (Å²) >= 11 is 0. The van der Waals surface area contributed by atoms with Gasteiger partial charge >= 0.3 is 0 Å². The molecule has 1 heterocycles. The topological polar surface area (TPSA) is 63.5 Å². The molecule has 1 aromatic rings. The van der Waals surface area contributed by atoms with Gasteiger partial charge in [-0.25, -0.2) is 0 Å². The largest absolute Gasteiger partial charge is 0.354 e. The van der Waals surface area contributed by atoms with E-state index in [2.05, 4.69) is 26.6 Å². The van der Waals surface area contributed by atoms with Gasteiger partial charge in [0, 0.05) is 38.8 Å². The van der Waals surface area contributed by atoms with Crippen LogP contribution in [0.2, 0.25) is 0 Å². The van der Waals surface area contributed by atoms with E-state index in [1.54, 1.807) is 0 Å². The molecule has 27 heavy (non-hydrogen) atoms. The second kappa shape index (κ2) is 11.5. The van der Waals surface area contributed by atoms with Crippen LogP contribution in [0, 0.1) is 11.3 Å². The molecule has 1 saturated heterocycles. The lowest BCUT2D eigenvalue weighted by molar-refractivity contribution is 0.119. The smallest absolute Gasteiger partial charge is 0.191 e. The van der Waals surface area contributed by atoms with Gasteiger partial charge in [-0.2, -0.15) is 5.26 Å². The minimum absolute atomic E-state index is 0. The van der Waals surface area contributed by atoms with E-state index in [4.69, 9.17) is 5.26 Å². The summed E-state index contributed by atoms with van der Waals surface area (Å²) in [6.07, 6.45) is 9.42. The summed E-state index contributed by atoms with van der Waals surface area (Å²) < 4.78 is 0. The van der Waals surface area contributed by atoms with Gasteiger partial charge in [0.2, 0.25) is 0 Å². The highest BCUT2D eigenvalue weighted by Gasteiger charge is 2.26. The Morgan fingerprint density at radius 1 is 1.11 bits per heavy atom. The molecule has 0 aromatic heterocycles. The molecule has 2 fully saturated rings. The molecule has 1 aliphatic carbocycles. The Hall–Kier alpha value is -1.33. The molecule has 1 saturated carbocycles. The summed E-state index contributed by atoms with van der Waals surface area (Å²) in [5, 5.41) is 15.8. The fourth-order valence-corrected chi connectivity index (χ4v) is 4.13. The fraction of sp³-hybridized carbons (Fsp3) is 0.619. The number of piperidine rings is 1. The highest BCUT2D eigenvalue weighted by Crippen LogP contribution is 2.25. The first-order chi connectivity index (χ1) is 12.8. The highest BCUT2D eigenvalue weighted by atomic mass is 127. The van der Waals surface area contributed by atoms with E-state index in [0.717, 1.165) is 17.6 Å². The third-order valence-electron chi connectivity index (χ3n) is 5.73. The van der Waals surface area contributed by atoms with E-state index in [9.17, 15) is 0 Å². The van der Waals surface area contributed by atoms with E-state index in [1.807, 2.05) is 31.3 Å². The molecule has 148 valence electrons. The van der Waals surface area contributed by atoms with Gasteiger partial charge in [-0.15, -0.1) is 24.0 Å². The molecule has 1 aliphatic heterocycles. The molecule has 3 rings (SSSR count). The van der Waals surface area contributed by atoms with Crippen molar-refractivity contribution in [3.05, 3.63) is 35.4 Å². The fourth-order valence-electron chi connectivity index (χ4n) is 4.13. The standard InChI is InChI=1S/C21H31N5.HI/c1-23-21(24-16-18-9-7-17(15-22)8-10-18)25-19-11-13-26(14-12-19)20-5-3-2-4-6-20;/h7-10,19-20H,2-6,11-14,16H2,1H3,(H2,23,24,25);1H. The molecule has 0 radical (unpaired) electrons. The summed E-state index contributed by atoms with van der Waals surface area (Å²) in [5.41, 5.74) is 1.85. The second-order valence-corrected chi connectivity index (χ2v) is 7.48. The van der Waals surface area contributed by atoms with Gasteiger partial charge < -0.3 is 15.5 Å². The predicted octanol–water partition coefficient (Wildman–Crippen LogP) is 3.64. The molecule has 2 N–H and O–H groups in total. The maximum absolute atomic E-state index is 8.87. The Morgan fingerprint density at radius 2 is 1.78 bits per heavy atom. The number of rotatable bonds is 4. The van der Waals surface area contributed by atoms with E-state index in [0.29, 0.717) is 18.2 Å². The summed E-state index contributed by atoms with van der Waals surface area (Å²) in [6, 6.07) is 11.2. The van der Waals surface area contributed by atoms with E-state index >= 15 is 0 Å². The highest BCUT2D eigenvalue weighted by molar-refractivity contribution is 14.0. The van der Waals surface area contributed by atoms with Crippen LogP contribution in [0.1, 0.15) is 56.1 Å². The molecule has 2 aliphatic rings. The van der Waals surface area contributed by atoms with Crippen LogP contribution in [-0.4, -0.2) is 43.1 Å². The molecule has 6 heteroatoms. The number of nitrogens with zero attached hydrogens (tertiary/aromatic N) is 3. The van der Waals surface area contributed by atoms with Crippen molar-refractivity contribution in [1.29, 1.82) is 5.26 Å². The van der Waals surface area contributed by atoms with Crippen LogP contribution in [0.25, 0.3) is 0 Å². The van der Waals surface area contributed by atoms with Crippen LogP contribution >= 0.6 is 24.0 Å². The van der Waals surface area contributed by atoms with Crippen molar-refractivity contribution >= 4 is 29.9 Å². The number of halogens is 1. The number of benzene rings is 1. The quantitative estimate of drug-likeness (QED) is 0.392. The number of guanidine groups is 1. The molecule has 0 atom stereocenters. The zero-order valence-electron chi connectivity index (χ0n) is 16.3. The molecule has 0 amide bonds. The van der Waals surface area contributed by atoms with Crippen LogP contribution in [0.4, 0.5) is 0 Å². The van der Waals surface area contributed by atoms with Crippen molar-refractivity contribution in [3.63, 3.8) is 0 Å². The third-order valence-corrected chi connectivity index (χ3v) is 5.73. The average molecular weight is 481 g/mol. The Bertz CT molecular complexity index is 623. The van der Waals surface area contributed by atoms with Gasteiger partial charge in [-0.3, -0.25) is 4.99 Å². The van der Waals surface area contributed by atoms with Crippen LogP contribution in [0.15, 0.2) is 29.3 Å². The van der Waals surface area contributed by atoms with Crippen LogP contribution < -0.4 is 10.6 Å². The Balaban J connectivity index is 0.00000261. The lowest BCUT2D eigenvalue weighted by atomic mass is 9.92. The first-order valence-corrected chi connectivity index (χ1v) is 9.99. The van der Waals surface area contributed by atoms with Gasteiger partial charge in [0.15, 0.2) is 5.96 Å². The predicted molar refractivity (Wildman–Crippen MR) is 121 cm³/mol. The molecule has 0 bridgehead atoms. The molecule has 5 nitrogen and oxygen atoms in total. The number of hydrogen-bond donors (Lipinski definition) is 2. The van der Waals surface area contributed by atoms with E-state index < -0.39 is 0 Å². The molecular weight excluding hydrogens is 449 g/mol. The molecular formula is C21H32IN5. The Morgan fingerprint density at radius 3 is 2.37 bits per heavy atom. The van der Waals surface area contributed by atoms with Crippen molar-refractivity contribution in [1.82, 2.24) is 15.5 Å². The number of nitrogens with one attached hydrogen (secondary N) is 2. The lowest BCUT2D eigenvalue weighted by Crippen LogP contribution is -2.50. The molecule has 1 aromatic carbocycles. The van der Waals surface area contributed by atoms with Crippen LogP contribution in [0.3, 0.4) is 0 Å². The molecule has 0 unspecified atom stereocenters. The van der Waals surface area contributed by atoms with Gasteiger partial charge in [-0.1, -0.05) is 31.4 Å². The SMILES string of the molecule is CN=C(NCc1ccc(C#N)cc1)NC1CCN(C2CCCCC2)CC1.I. The van der Waals surface area contributed by atoms with Crippen molar-refractivity contribution in [2.75, 3.05) is 20.1 Å². The van der Waals surface area contributed by atoms with Gasteiger partial charge in [0.05, 0.1) is 11.6 Å². The zero-order chi connectivity index (χ0) is 18.2. The normalized spacial score (nSPS) is 19.8. The Labute approximate surface area is 180 Å². The first-order valence-electron chi connectivity index (χ1n) is 9.99. The van der Waals surface area contributed by atoms with Gasteiger partial charge in [0.1, 0.15) is 0 Å². The minimum Gasteiger partial charge on any atom is -0.354 e. The number of hydrogen-bond acceptors (Lipinski definition) is 3. The van der Waals surface area contributed by atoms with Gasteiger partial charge in [-0.05, 0) is 43.4 Å².